The van der Waals surface area contributed by atoms with Crippen LogP contribution < -0.4 is 5.32 Å². The molecule has 3 aromatic rings. The molecule has 0 saturated carbocycles. The first-order valence-corrected chi connectivity index (χ1v) is 12.0. The second kappa shape index (κ2) is 11.8. The summed E-state index contributed by atoms with van der Waals surface area (Å²) >= 11 is 6.03. The number of aryl methyl sites for hydroxylation is 3. The molecule has 3 rings (SSSR count). The normalized spacial score (nSPS) is 12.1. The Morgan fingerprint density at radius 1 is 1.03 bits per heavy atom. The molecule has 0 aliphatic carbocycles. The Bertz CT molecular complexity index is 1320. The van der Waals surface area contributed by atoms with Crippen molar-refractivity contribution in [1.29, 1.82) is 0 Å². The van der Waals surface area contributed by atoms with Gasteiger partial charge in [0.2, 0.25) is 0 Å². The van der Waals surface area contributed by atoms with E-state index in [9.17, 15) is 23.1 Å². The Morgan fingerprint density at radius 2 is 1.70 bits per heavy atom. The third kappa shape index (κ3) is 7.33. The molecule has 0 atom stereocenters. The van der Waals surface area contributed by atoms with Crippen LogP contribution in [0.3, 0.4) is 0 Å². The average molecular weight is 533 g/mol. The summed E-state index contributed by atoms with van der Waals surface area (Å²) in [5, 5.41) is 13.2. The number of hydrogen-bond acceptors (Lipinski definition) is 4. The topological polar surface area (TPSA) is 70.9 Å². The lowest BCUT2D eigenvalue weighted by Gasteiger charge is -2.16. The van der Waals surface area contributed by atoms with Crippen molar-refractivity contribution in [1.82, 2.24) is 5.32 Å². The summed E-state index contributed by atoms with van der Waals surface area (Å²) in [6.45, 7) is 6.94. The highest BCUT2D eigenvalue weighted by Gasteiger charge is 2.32. The molecular weight excluding hydrogens is 505 g/mol. The Hall–Kier alpha value is -3.36. The number of phenols is 1. The van der Waals surface area contributed by atoms with Gasteiger partial charge >= 0.3 is 6.18 Å². The van der Waals surface area contributed by atoms with Crippen LogP contribution in [-0.2, 0) is 24.1 Å². The van der Waals surface area contributed by atoms with E-state index in [0.29, 0.717) is 5.56 Å². The summed E-state index contributed by atoms with van der Waals surface area (Å²) in [5.74, 6) is -0.636. The zero-order valence-corrected chi connectivity index (χ0v) is 21.7. The third-order valence-corrected chi connectivity index (χ3v) is 5.92. The van der Waals surface area contributed by atoms with Gasteiger partial charge in [0.15, 0.2) is 0 Å². The van der Waals surface area contributed by atoms with Crippen LogP contribution in [0.4, 0.5) is 18.9 Å². The average Bonchev–Trinajstić information content (AvgIpc) is 2.82. The molecule has 0 bridgehead atoms. The van der Waals surface area contributed by atoms with Gasteiger partial charge in [-0.25, -0.2) is 4.99 Å². The van der Waals surface area contributed by atoms with Gasteiger partial charge in [-0.1, -0.05) is 48.4 Å². The van der Waals surface area contributed by atoms with E-state index in [-0.39, 0.29) is 58.6 Å². The fraction of sp³-hybridized carbons (Fsp3) is 0.286. The van der Waals surface area contributed by atoms with Gasteiger partial charge < -0.3 is 15.2 Å². The van der Waals surface area contributed by atoms with E-state index in [0.717, 1.165) is 23.3 Å². The summed E-state index contributed by atoms with van der Waals surface area (Å²) in [4.78, 5) is 17.4. The predicted octanol–water partition coefficient (Wildman–Crippen LogP) is 7.58. The number of rotatable bonds is 7. The molecule has 0 unspecified atom stereocenters. The molecule has 0 aromatic heterocycles. The summed E-state index contributed by atoms with van der Waals surface area (Å²) in [6.07, 6.45) is -4.27. The molecule has 5 nitrogen and oxygen atoms in total. The van der Waals surface area contributed by atoms with Gasteiger partial charge in [0.25, 0.3) is 5.91 Å². The number of aromatic hydroxyl groups is 1. The standard InChI is InChI=1S/C28H28ClF3N2O3/c1-5-24(34-27(36)23-13-22(29)11-18(4)26(23)35)33-25-17(3)10-21(28(30,31)32)12-20(25)15-37-14-19-8-6-16(2)7-9-19/h6-13,35H,5,14-15H2,1-4H3,(H,33,34,36). The SMILES string of the molecule is CCC(=Nc1c(C)cc(C(F)(F)F)cc1COCc1ccc(C)cc1)NC(=O)c1cc(Cl)cc(C)c1O. The molecule has 0 fully saturated rings. The van der Waals surface area contributed by atoms with Crippen LogP contribution in [-0.4, -0.2) is 16.8 Å². The second-order valence-electron chi connectivity index (χ2n) is 8.76. The third-order valence-electron chi connectivity index (χ3n) is 5.70. The predicted molar refractivity (Wildman–Crippen MR) is 139 cm³/mol. The van der Waals surface area contributed by atoms with E-state index in [4.69, 9.17) is 16.3 Å². The molecule has 9 heteroatoms. The van der Waals surface area contributed by atoms with Crippen LogP contribution >= 0.6 is 11.6 Å². The van der Waals surface area contributed by atoms with E-state index < -0.39 is 17.6 Å². The number of ether oxygens (including phenoxy) is 1. The number of nitrogens with zero attached hydrogens (tertiary/aromatic N) is 1. The molecule has 0 saturated heterocycles. The van der Waals surface area contributed by atoms with E-state index >= 15 is 0 Å². The van der Waals surface area contributed by atoms with Gasteiger partial charge in [-0.05, 0) is 61.7 Å². The summed E-state index contributed by atoms with van der Waals surface area (Å²) in [7, 11) is 0. The van der Waals surface area contributed by atoms with E-state index in [1.165, 1.54) is 19.1 Å². The number of halogens is 4. The molecular formula is C28H28ClF3N2O3. The minimum Gasteiger partial charge on any atom is -0.507 e. The molecule has 0 aliphatic rings. The fourth-order valence-electron chi connectivity index (χ4n) is 3.69. The molecule has 0 radical (unpaired) electrons. The van der Waals surface area contributed by atoms with Crippen molar-refractivity contribution in [3.8, 4) is 5.75 Å². The summed E-state index contributed by atoms with van der Waals surface area (Å²) in [6, 6.07) is 12.5. The van der Waals surface area contributed by atoms with Crippen LogP contribution in [0.2, 0.25) is 5.02 Å². The monoisotopic (exact) mass is 532 g/mol. The van der Waals surface area contributed by atoms with E-state index in [1.807, 2.05) is 31.2 Å². The summed E-state index contributed by atoms with van der Waals surface area (Å²) in [5.41, 5.74) is 2.37. The molecule has 0 heterocycles. The number of carbonyl (C=O) groups excluding carboxylic acids is 1. The molecule has 0 spiro atoms. The van der Waals surface area contributed by atoms with E-state index in [1.54, 1.807) is 13.8 Å². The van der Waals surface area contributed by atoms with Crippen molar-refractivity contribution in [2.45, 2.75) is 53.5 Å². The minimum atomic E-state index is -4.54. The number of amidine groups is 1. The molecule has 196 valence electrons. The Kier molecular flexibility index (Phi) is 8.99. The van der Waals surface area contributed by atoms with Gasteiger partial charge in [0.1, 0.15) is 11.6 Å². The molecule has 3 aromatic carbocycles. The van der Waals surface area contributed by atoms with Crippen molar-refractivity contribution >= 4 is 29.0 Å². The first-order valence-electron chi connectivity index (χ1n) is 11.6. The number of phenolic OH excluding ortho intramolecular Hbond substituents is 1. The molecule has 37 heavy (non-hydrogen) atoms. The fourth-order valence-corrected chi connectivity index (χ4v) is 3.96. The smallest absolute Gasteiger partial charge is 0.416 e. The van der Waals surface area contributed by atoms with Crippen LogP contribution in [0, 0.1) is 20.8 Å². The van der Waals surface area contributed by atoms with Gasteiger partial charge in [-0.15, -0.1) is 0 Å². The van der Waals surface area contributed by atoms with Crippen molar-refractivity contribution in [3.05, 3.63) is 92.5 Å². The quantitative estimate of drug-likeness (QED) is 0.243. The highest BCUT2D eigenvalue weighted by molar-refractivity contribution is 6.31. The highest BCUT2D eigenvalue weighted by Crippen LogP contribution is 2.36. The van der Waals surface area contributed by atoms with Crippen molar-refractivity contribution in [2.75, 3.05) is 0 Å². The van der Waals surface area contributed by atoms with Gasteiger partial charge in [-0.3, -0.25) is 4.79 Å². The maximum absolute atomic E-state index is 13.5. The van der Waals surface area contributed by atoms with E-state index in [2.05, 4.69) is 10.3 Å². The van der Waals surface area contributed by atoms with Crippen molar-refractivity contribution < 1.29 is 27.8 Å². The largest absolute Gasteiger partial charge is 0.507 e. The van der Waals surface area contributed by atoms with Gasteiger partial charge in [0, 0.05) is 17.0 Å². The van der Waals surface area contributed by atoms with Gasteiger partial charge in [-0.2, -0.15) is 13.2 Å². The minimum absolute atomic E-state index is 0.0306. The first kappa shape index (κ1) is 28.2. The highest BCUT2D eigenvalue weighted by atomic mass is 35.5. The number of amides is 1. The molecule has 0 aliphatic heterocycles. The second-order valence-corrected chi connectivity index (χ2v) is 9.20. The number of alkyl halides is 3. The lowest BCUT2D eigenvalue weighted by atomic mass is 10.0. The zero-order valence-electron chi connectivity index (χ0n) is 21.0. The molecule has 2 N–H and O–H groups in total. The Labute approximate surface area is 219 Å². The van der Waals surface area contributed by atoms with Crippen LogP contribution in [0.5, 0.6) is 5.75 Å². The van der Waals surface area contributed by atoms with Crippen molar-refractivity contribution in [3.63, 3.8) is 0 Å². The Balaban J connectivity index is 1.93. The van der Waals surface area contributed by atoms with Crippen LogP contribution in [0.25, 0.3) is 0 Å². The summed E-state index contributed by atoms with van der Waals surface area (Å²) < 4.78 is 46.3. The first-order chi connectivity index (χ1) is 17.4. The lowest BCUT2D eigenvalue weighted by Crippen LogP contribution is -2.30. The lowest BCUT2D eigenvalue weighted by molar-refractivity contribution is -0.137. The zero-order chi connectivity index (χ0) is 27.3. The number of nitrogens with one attached hydrogen (secondary N) is 1. The van der Waals surface area contributed by atoms with Gasteiger partial charge in [0.05, 0.1) is 30.0 Å². The number of benzene rings is 3. The maximum Gasteiger partial charge on any atom is 0.416 e. The Morgan fingerprint density at radius 3 is 2.32 bits per heavy atom. The van der Waals surface area contributed by atoms with Crippen LogP contribution in [0.1, 0.15) is 57.1 Å². The van der Waals surface area contributed by atoms with Crippen molar-refractivity contribution in [2.24, 2.45) is 4.99 Å². The number of hydrogen-bond donors (Lipinski definition) is 2. The number of carbonyl (C=O) groups is 1. The maximum atomic E-state index is 13.5. The van der Waals surface area contributed by atoms with Crippen LogP contribution in [0.15, 0.2) is 53.5 Å². The number of aliphatic imine (C=N–C) groups is 1. The molecule has 1 amide bonds.